The predicted octanol–water partition coefficient (Wildman–Crippen LogP) is 0.327. The van der Waals surface area contributed by atoms with Crippen LogP contribution in [0.25, 0.3) is 0 Å². The highest BCUT2D eigenvalue weighted by molar-refractivity contribution is 7.91. The van der Waals surface area contributed by atoms with Crippen molar-refractivity contribution in [3.05, 3.63) is 17.0 Å². The monoisotopic (exact) mass is 221 g/mol. The van der Waals surface area contributed by atoms with Crippen LogP contribution < -0.4 is 4.72 Å². The summed E-state index contributed by atoms with van der Waals surface area (Å²) in [4.78, 5) is 0.948. The molecule has 0 unspecified atom stereocenters. The molecule has 1 rings (SSSR count). The number of sulfonamides is 1. The zero-order chi connectivity index (χ0) is 9.90. The molecule has 1 heterocycles. The predicted molar refractivity (Wildman–Crippen MR) is 51.3 cm³/mol. The standard InChI is InChI=1S/C7H11NO3S2/c1-6-2-3-7(12-6)13(10,11)8-4-5-9/h2-3,8-9H,4-5H2,1H3. The molecule has 0 atom stereocenters. The summed E-state index contributed by atoms with van der Waals surface area (Å²) in [5.74, 6) is 0. The minimum atomic E-state index is -3.39. The van der Waals surface area contributed by atoms with E-state index in [1.807, 2.05) is 6.92 Å². The maximum atomic E-state index is 11.4. The van der Waals surface area contributed by atoms with Crippen LogP contribution >= 0.6 is 11.3 Å². The minimum absolute atomic E-state index is 0.0548. The first-order valence-corrected chi connectivity index (χ1v) is 6.03. The molecular weight excluding hydrogens is 210 g/mol. The van der Waals surface area contributed by atoms with Gasteiger partial charge in [-0.15, -0.1) is 11.3 Å². The third-order valence-electron chi connectivity index (χ3n) is 1.38. The molecule has 0 saturated heterocycles. The van der Waals surface area contributed by atoms with Gasteiger partial charge >= 0.3 is 0 Å². The van der Waals surface area contributed by atoms with Crippen molar-refractivity contribution in [2.45, 2.75) is 11.1 Å². The lowest BCUT2D eigenvalue weighted by atomic mass is 10.5. The average molecular weight is 221 g/mol. The molecule has 2 N–H and O–H groups in total. The van der Waals surface area contributed by atoms with Crippen LogP contribution in [0.1, 0.15) is 4.88 Å². The molecular formula is C7H11NO3S2. The van der Waals surface area contributed by atoms with E-state index in [0.29, 0.717) is 4.21 Å². The van der Waals surface area contributed by atoms with Gasteiger partial charge in [0.2, 0.25) is 10.0 Å². The molecule has 1 aromatic heterocycles. The molecule has 1 aromatic rings. The van der Waals surface area contributed by atoms with Gasteiger partial charge in [-0.1, -0.05) is 0 Å². The highest BCUT2D eigenvalue weighted by Crippen LogP contribution is 2.19. The minimum Gasteiger partial charge on any atom is -0.395 e. The molecule has 0 bridgehead atoms. The number of nitrogens with one attached hydrogen (secondary N) is 1. The van der Waals surface area contributed by atoms with Crippen LogP contribution in [-0.2, 0) is 10.0 Å². The van der Waals surface area contributed by atoms with E-state index in [1.54, 1.807) is 12.1 Å². The molecule has 0 aromatic carbocycles. The van der Waals surface area contributed by atoms with E-state index in [0.717, 1.165) is 4.88 Å². The van der Waals surface area contributed by atoms with Gasteiger partial charge in [0.05, 0.1) is 6.61 Å². The number of hydrogen-bond acceptors (Lipinski definition) is 4. The van der Waals surface area contributed by atoms with E-state index in [9.17, 15) is 8.42 Å². The Morgan fingerprint density at radius 2 is 2.23 bits per heavy atom. The number of thiophene rings is 1. The Morgan fingerprint density at radius 1 is 1.54 bits per heavy atom. The third kappa shape index (κ3) is 2.77. The van der Waals surface area contributed by atoms with Crippen LogP contribution in [0.15, 0.2) is 16.3 Å². The summed E-state index contributed by atoms with van der Waals surface area (Å²) in [5, 5.41) is 8.46. The molecule has 0 radical (unpaired) electrons. The third-order valence-corrected chi connectivity index (χ3v) is 4.34. The van der Waals surface area contributed by atoms with Crippen molar-refractivity contribution < 1.29 is 13.5 Å². The van der Waals surface area contributed by atoms with Crippen LogP contribution in [-0.4, -0.2) is 26.7 Å². The van der Waals surface area contributed by atoms with E-state index in [1.165, 1.54) is 11.3 Å². The summed E-state index contributed by atoms with van der Waals surface area (Å²) in [6.07, 6.45) is 0. The number of rotatable bonds is 4. The summed E-state index contributed by atoms with van der Waals surface area (Å²) >= 11 is 1.21. The Balaban J connectivity index is 2.82. The number of aliphatic hydroxyl groups excluding tert-OH is 1. The van der Waals surface area contributed by atoms with Gasteiger partial charge in [0.25, 0.3) is 0 Å². The zero-order valence-corrected chi connectivity index (χ0v) is 8.78. The number of aryl methyl sites for hydroxylation is 1. The van der Waals surface area contributed by atoms with E-state index >= 15 is 0 Å². The van der Waals surface area contributed by atoms with E-state index in [-0.39, 0.29) is 13.2 Å². The molecule has 0 aliphatic carbocycles. The van der Waals surface area contributed by atoms with Crippen molar-refractivity contribution in [3.63, 3.8) is 0 Å². The van der Waals surface area contributed by atoms with E-state index < -0.39 is 10.0 Å². The maximum absolute atomic E-state index is 11.4. The van der Waals surface area contributed by atoms with Gasteiger partial charge in [-0.2, -0.15) is 0 Å². The lowest BCUT2D eigenvalue weighted by Gasteiger charge is -2.00. The van der Waals surface area contributed by atoms with Gasteiger partial charge in [-0.05, 0) is 19.1 Å². The zero-order valence-electron chi connectivity index (χ0n) is 7.15. The summed E-state index contributed by atoms with van der Waals surface area (Å²) in [6, 6.07) is 3.30. The summed E-state index contributed by atoms with van der Waals surface area (Å²) in [7, 11) is -3.39. The Labute approximate surface area is 81.3 Å². The maximum Gasteiger partial charge on any atom is 0.250 e. The highest BCUT2D eigenvalue weighted by atomic mass is 32.2. The first kappa shape index (κ1) is 10.6. The molecule has 0 amide bonds. The molecule has 0 fully saturated rings. The number of aliphatic hydroxyl groups is 1. The lowest BCUT2D eigenvalue weighted by Crippen LogP contribution is -2.25. The van der Waals surface area contributed by atoms with E-state index in [2.05, 4.69) is 4.72 Å². The normalized spacial score (nSPS) is 11.8. The molecule has 0 saturated carbocycles. The molecule has 74 valence electrons. The van der Waals surface area contributed by atoms with Gasteiger partial charge in [0.1, 0.15) is 4.21 Å². The first-order chi connectivity index (χ1) is 6.06. The van der Waals surface area contributed by atoms with Crippen molar-refractivity contribution in [3.8, 4) is 0 Å². The van der Waals surface area contributed by atoms with Crippen LogP contribution in [0.3, 0.4) is 0 Å². The second-order valence-electron chi connectivity index (χ2n) is 2.49. The molecule has 4 nitrogen and oxygen atoms in total. The quantitative estimate of drug-likeness (QED) is 0.770. The first-order valence-electron chi connectivity index (χ1n) is 3.73. The van der Waals surface area contributed by atoms with Crippen molar-refractivity contribution in [2.75, 3.05) is 13.2 Å². The second-order valence-corrected chi connectivity index (χ2v) is 5.77. The van der Waals surface area contributed by atoms with Crippen LogP contribution in [0.5, 0.6) is 0 Å². The smallest absolute Gasteiger partial charge is 0.250 e. The second kappa shape index (κ2) is 4.19. The fraction of sp³-hybridized carbons (Fsp3) is 0.429. The van der Waals surface area contributed by atoms with Crippen molar-refractivity contribution in [2.24, 2.45) is 0 Å². The van der Waals surface area contributed by atoms with Crippen molar-refractivity contribution >= 4 is 21.4 Å². The summed E-state index contributed by atoms with van der Waals surface area (Å²) in [6.45, 7) is 1.71. The summed E-state index contributed by atoms with van der Waals surface area (Å²) in [5.41, 5.74) is 0. The fourth-order valence-corrected chi connectivity index (χ4v) is 3.16. The molecule has 6 heteroatoms. The van der Waals surface area contributed by atoms with Crippen LogP contribution in [0.4, 0.5) is 0 Å². The number of hydrogen-bond donors (Lipinski definition) is 2. The largest absolute Gasteiger partial charge is 0.395 e. The average Bonchev–Trinajstić information content (AvgIpc) is 2.49. The molecule has 0 spiro atoms. The SMILES string of the molecule is Cc1ccc(S(=O)(=O)NCCO)s1. The molecule has 0 aliphatic heterocycles. The van der Waals surface area contributed by atoms with Gasteiger partial charge in [-0.3, -0.25) is 0 Å². The Morgan fingerprint density at radius 3 is 2.69 bits per heavy atom. The lowest BCUT2D eigenvalue weighted by molar-refractivity contribution is 0.301. The van der Waals surface area contributed by atoms with E-state index in [4.69, 9.17) is 5.11 Å². The fourth-order valence-electron chi connectivity index (χ4n) is 0.808. The Kier molecular flexibility index (Phi) is 3.43. The van der Waals surface area contributed by atoms with Gasteiger partial charge in [0, 0.05) is 11.4 Å². The summed E-state index contributed by atoms with van der Waals surface area (Å²) < 4.78 is 25.3. The van der Waals surface area contributed by atoms with Crippen molar-refractivity contribution in [1.29, 1.82) is 0 Å². The Hall–Kier alpha value is -0.430. The van der Waals surface area contributed by atoms with Crippen LogP contribution in [0.2, 0.25) is 0 Å². The van der Waals surface area contributed by atoms with Gasteiger partial charge < -0.3 is 5.11 Å². The van der Waals surface area contributed by atoms with Gasteiger partial charge in [-0.25, -0.2) is 13.1 Å². The van der Waals surface area contributed by atoms with Crippen molar-refractivity contribution in [1.82, 2.24) is 4.72 Å². The Bertz CT molecular complexity index is 369. The topological polar surface area (TPSA) is 66.4 Å². The van der Waals surface area contributed by atoms with Gasteiger partial charge in [0.15, 0.2) is 0 Å². The molecule has 13 heavy (non-hydrogen) atoms. The highest BCUT2D eigenvalue weighted by Gasteiger charge is 2.14. The van der Waals surface area contributed by atoms with Crippen LogP contribution in [0, 0.1) is 6.92 Å². The molecule has 0 aliphatic rings.